The van der Waals surface area contributed by atoms with Crippen LogP contribution in [0.1, 0.15) is 25.8 Å². The number of nitrogens with one attached hydrogen (secondary N) is 1. The largest absolute Gasteiger partial charge is 0.380 e. The zero-order valence-corrected chi connectivity index (χ0v) is 11.3. The molecule has 0 bridgehead atoms. The summed E-state index contributed by atoms with van der Waals surface area (Å²) >= 11 is 0. The van der Waals surface area contributed by atoms with Gasteiger partial charge in [0.05, 0.1) is 12.0 Å². The number of rotatable bonds is 6. The number of amides is 1. The lowest BCUT2D eigenvalue weighted by Gasteiger charge is -2.25. The monoisotopic (exact) mass is 250 g/mol. The molecular formula is C14H22N2O2. The van der Waals surface area contributed by atoms with Crippen molar-refractivity contribution >= 4 is 11.6 Å². The van der Waals surface area contributed by atoms with Gasteiger partial charge in [0.25, 0.3) is 0 Å². The van der Waals surface area contributed by atoms with Crippen LogP contribution in [0.3, 0.4) is 0 Å². The van der Waals surface area contributed by atoms with Crippen LogP contribution in [0.15, 0.2) is 24.3 Å². The van der Waals surface area contributed by atoms with Crippen LogP contribution in [0.2, 0.25) is 0 Å². The maximum atomic E-state index is 12.2. The Labute approximate surface area is 109 Å². The van der Waals surface area contributed by atoms with Crippen molar-refractivity contribution in [3.63, 3.8) is 0 Å². The van der Waals surface area contributed by atoms with Crippen molar-refractivity contribution in [2.75, 3.05) is 19.0 Å². The maximum Gasteiger partial charge on any atom is 0.231 e. The van der Waals surface area contributed by atoms with Crippen molar-refractivity contribution in [1.29, 1.82) is 0 Å². The zero-order chi connectivity index (χ0) is 13.6. The molecule has 0 fully saturated rings. The Morgan fingerprint density at radius 2 is 2.11 bits per heavy atom. The molecule has 0 radical (unpaired) electrons. The quantitative estimate of drug-likeness (QED) is 0.813. The van der Waals surface area contributed by atoms with Crippen molar-refractivity contribution in [3.05, 3.63) is 29.8 Å². The molecule has 100 valence electrons. The van der Waals surface area contributed by atoms with Gasteiger partial charge in [-0.1, -0.05) is 25.1 Å². The summed E-state index contributed by atoms with van der Waals surface area (Å²) in [6.45, 7) is 4.65. The lowest BCUT2D eigenvalue weighted by atomic mass is 9.86. The first-order chi connectivity index (χ1) is 8.57. The van der Waals surface area contributed by atoms with E-state index in [1.54, 1.807) is 7.11 Å². The van der Waals surface area contributed by atoms with Crippen LogP contribution in [0.4, 0.5) is 5.69 Å². The van der Waals surface area contributed by atoms with Crippen molar-refractivity contribution in [2.24, 2.45) is 11.1 Å². The van der Waals surface area contributed by atoms with Gasteiger partial charge < -0.3 is 15.8 Å². The molecule has 0 heterocycles. The number of ether oxygens (including phenoxy) is 1. The molecule has 1 atom stereocenters. The second-order valence-corrected chi connectivity index (χ2v) is 4.66. The number of carbonyl (C=O) groups is 1. The number of hydrogen-bond donors (Lipinski definition) is 2. The lowest BCUT2D eigenvalue weighted by Crippen LogP contribution is -2.39. The summed E-state index contributed by atoms with van der Waals surface area (Å²) in [4.78, 5) is 12.2. The molecule has 3 N–H and O–H groups in total. The molecule has 1 amide bonds. The van der Waals surface area contributed by atoms with Gasteiger partial charge in [-0.3, -0.25) is 4.79 Å². The molecule has 1 unspecified atom stereocenters. The normalized spacial score (nSPS) is 14.0. The first-order valence-corrected chi connectivity index (χ1v) is 6.15. The minimum atomic E-state index is -0.528. The fraction of sp³-hybridized carbons (Fsp3) is 0.500. The van der Waals surface area contributed by atoms with Gasteiger partial charge in [-0.15, -0.1) is 0 Å². The highest BCUT2D eigenvalue weighted by molar-refractivity contribution is 5.95. The van der Waals surface area contributed by atoms with E-state index in [0.717, 1.165) is 11.3 Å². The molecule has 0 saturated carbocycles. The average molecular weight is 250 g/mol. The summed E-state index contributed by atoms with van der Waals surface area (Å²) in [6.07, 6.45) is 0.710. The van der Waals surface area contributed by atoms with Gasteiger partial charge in [-0.2, -0.15) is 0 Å². The summed E-state index contributed by atoms with van der Waals surface area (Å²) in [5, 5.41) is 2.94. The van der Waals surface area contributed by atoms with E-state index in [1.165, 1.54) is 0 Å². The lowest BCUT2D eigenvalue weighted by molar-refractivity contribution is -0.124. The van der Waals surface area contributed by atoms with Crippen molar-refractivity contribution in [2.45, 2.75) is 26.9 Å². The van der Waals surface area contributed by atoms with E-state index in [2.05, 4.69) is 5.32 Å². The molecule has 0 aliphatic heterocycles. The van der Waals surface area contributed by atoms with E-state index in [9.17, 15) is 4.79 Å². The highest BCUT2D eigenvalue weighted by Gasteiger charge is 2.29. The Morgan fingerprint density at radius 1 is 1.44 bits per heavy atom. The highest BCUT2D eigenvalue weighted by Crippen LogP contribution is 2.23. The minimum Gasteiger partial charge on any atom is -0.380 e. The summed E-state index contributed by atoms with van der Waals surface area (Å²) < 4.78 is 5.11. The fourth-order valence-corrected chi connectivity index (χ4v) is 1.59. The van der Waals surface area contributed by atoms with Gasteiger partial charge in [-0.25, -0.2) is 0 Å². The van der Waals surface area contributed by atoms with Crippen LogP contribution in [0, 0.1) is 5.41 Å². The van der Waals surface area contributed by atoms with E-state index in [-0.39, 0.29) is 5.91 Å². The SMILES string of the molecule is CCC(C)(CN)C(=O)Nc1ccccc1COC. The molecule has 1 aromatic carbocycles. The third-order valence-corrected chi connectivity index (χ3v) is 3.34. The average Bonchev–Trinajstić information content (AvgIpc) is 2.40. The van der Waals surface area contributed by atoms with Crippen molar-refractivity contribution in [3.8, 4) is 0 Å². The van der Waals surface area contributed by atoms with Gasteiger partial charge in [0.15, 0.2) is 0 Å². The molecular weight excluding hydrogens is 228 g/mol. The summed E-state index contributed by atoms with van der Waals surface area (Å²) in [6, 6.07) is 7.62. The van der Waals surface area contributed by atoms with Crippen molar-refractivity contribution < 1.29 is 9.53 Å². The Balaban J connectivity index is 2.87. The van der Waals surface area contributed by atoms with Crippen LogP contribution in [-0.2, 0) is 16.1 Å². The zero-order valence-electron chi connectivity index (χ0n) is 11.3. The van der Waals surface area contributed by atoms with Crippen LogP contribution in [0.25, 0.3) is 0 Å². The third kappa shape index (κ3) is 3.31. The number of anilines is 1. The van der Waals surface area contributed by atoms with Gasteiger partial charge >= 0.3 is 0 Å². The molecule has 1 aromatic rings. The topological polar surface area (TPSA) is 64.4 Å². The Morgan fingerprint density at radius 3 is 2.67 bits per heavy atom. The molecule has 0 saturated heterocycles. The van der Waals surface area contributed by atoms with Crippen LogP contribution < -0.4 is 11.1 Å². The Hall–Kier alpha value is -1.39. The van der Waals surface area contributed by atoms with Gasteiger partial charge in [0, 0.05) is 24.9 Å². The summed E-state index contributed by atoms with van der Waals surface area (Å²) in [5.74, 6) is -0.0453. The highest BCUT2D eigenvalue weighted by atomic mass is 16.5. The number of carbonyl (C=O) groups excluding carboxylic acids is 1. The molecule has 0 aliphatic rings. The molecule has 0 spiro atoms. The van der Waals surface area contributed by atoms with Gasteiger partial charge in [-0.05, 0) is 19.4 Å². The molecule has 1 rings (SSSR count). The molecule has 4 heteroatoms. The number of hydrogen-bond acceptors (Lipinski definition) is 3. The Bertz CT molecular complexity index is 401. The molecule has 18 heavy (non-hydrogen) atoms. The summed E-state index contributed by atoms with van der Waals surface area (Å²) in [7, 11) is 1.63. The predicted octanol–water partition coefficient (Wildman–Crippen LogP) is 2.15. The molecule has 0 aliphatic carbocycles. The van der Waals surface area contributed by atoms with Gasteiger partial charge in [0.2, 0.25) is 5.91 Å². The van der Waals surface area contributed by atoms with E-state index in [1.807, 2.05) is 38.1 Å². The first kappa shape index (κ1) is 14.7. The predicted molar refractivity (Wildman–Crippen MR) is 73.2 cm³/mol. The van der Waals surface area contributed by atoms with E-state index >= 15 is 0 Å². The van der Waals surface area contributed by atoms with Crippen LogP contribution >= 0.6 is 0 Å². The minimum absolute atomic E-state index is 0.0453. The van der Waals surface area contributed by atoms with Crippen molar-refractivity contribution in [1.82, 2.24) is 0 Å². The fourth-order valence-electron chi connectivity index (χ4n) is 1.59. The summed E-state index contributed by atoms with van der Waals surface area (Å²) in [5.41, 5.74) is 6.91. The van der Waals surface area contributed by atoms with Crippen LogP contribution in [0.5, 0.6) is 0 Å². The maximum absolute atomic E-state index is 12.2. The van der Waals surface area contributed by atoms with E-state index in [0.29, 0.717) is 19.6 Å². The van der Waals surface area contributed by atoms with E-state index in [4.69, 9.17) is 10.5 Å². The van der Waals surface area contributed by atoms with Crippen LogP contribution in [-0.4, -0.2) is 19.6 Å². The number of benzene rings is 1. The third-order valence-electron chi connectivity index (χ3n) is 3.34. The second kappa shape index (κ2) is 6.52. The molecule has 0 aromatic heterocycles. The standard InChI is InChI=1S/C14H22N2O2/c1-4-14(2,10-15)13(17)16-12-8-6-5-7-11(12)9-18-3/h5-8H,4,9-10,15H2,1-3H3,(H,16,17). The smallest absolute Gasteiger partial charge is 0.231 e. The van der Waals surface area contributed by atoms with Gasteiger partial charge in [0.1, 0.15) is 0 Å². The van der Waals surface area contributed by atoms with E-state index < -0.39 is 5.41 Å². The number of para-hydroxylation sites is 1. The Kier molecular flexibility index (Phi) is 5.31. The number of methoxy groups -OCH3 is 1. The second-order valence-electron chi connectivity index (χ2n) is 4.66. The molecule has 4 nitrogen and oxygen atoms in total. The first-order valence-electron chi connectivity index (χ1n) is 6.15. The number of nitrogens with two attached hydrogens (primary N) is 1.